The molecule has 1 N–H and O–H groups in total. The lowest BCUT2D eigenvalue weighted by molar-refractivity contribution is -0.116. The lowest BCUT2D eigenvalue weighted by Crippen LogP contribution is -2.41. The van der Waals surface area contributed by atoms with Crippen LogP contribution in [-0.4, -0.2) is 38.6 Å². The maximum absolute atomic E-state index is 13.5. The molecule has 0 atom stereocenters. The Balaban J connectivity index is 1.45. The molecule has 0 fully saturated rings. The molecule has 12 nitrogen and oxygen atoms in total. The summed E-state index contributed by atoms with van der Waals surface area (Å²) in [5, 5.41) is 6.77. The molecule has 192 valence electrons. The summed E-state index contributed by atoms with van der Waals surface area (Å²) in [7, 11) is 0. The topological polar surface area (TPSA) is 140 Å². The highest BCUT2D eigenvalue weighted by atomic mass is 16.7. The molecular formula is C25H25N5O7. The van der Waals surface area contributed by atoms with Gasteiger partial charge in [-0.05, 0) is 50.6 Å². The Kier molecular flexibility index (Phi) is 6.62. The summed E-state index contributed by atoms with van der Waals surface area (Å²) in [6, 6.07) is 10.00. The number of nitrogens with one attached hydrogen (secondary N) is 1. The van der Waals surface area contributed by atoms with Crippen LogP contribution in [0.25, 0.3) is 10.9 Å². The number of fused-ring (bicyclic) bond motifs is 2. The second-order valence-corrected chi connectivity index (χ2v) is 8.39. The maximum Gasteiger partial charge on any atom is 0.331 e. The van der Waals surface area contributed by atoms with E-state index < -0.39 is 17.2 Å². The Bertz CT molecular complexity index is 1570. The molecule has 1 aliphatic heterocycles. The van der Waals surface area contributed by atoms with Gasteiger partial charge in [-0.25, -0.2) is 4.79 Å². The van der Waals surface area contributed by atoms with Gasteiger partial charge >= 0.3 is 5.69 Å². The summed E-state index contributed by atoms with van der Waals surface area (Å²) in [6.07, 6.45) is 0.801. The lowest BCUT2D eigenvalue weighted by Gasteiger charge is -2.15. The van der Waals surface area contributed by atoms with Gasteiger partial charge in [0.2, 0.25) is 18.6 Å². The third-order valence-corrected chi connectivity index (χ3v) is 5.81. The zero-order valence-electron chi connectivity index (χ0n) is 20.4. The Morgan fingerprint density at radius 3 is 2.57 bits per heavy atom. The number of rotatable bonds is 9. The van der Waals surface area contributed by atoms with Gasteiger partial charge in [0.15, 0.2) is 17.3 Å². The second-order valence-electron chi connectivity index (χ2n) is 8.39. The SMILES string of the molecule is CCOc1ccc(NC(=O)Cn2c(=O)n(CCCc3nc(C)no3)c(=O)c3cc4c(cc32)OCO4)cc1. The molecule has 5 rings (SSSR count). The van der Waals surface area contributed by atoms with Crippen LogP contribution in [0, 0.1) is 6.92 Å². The number of benzene rings is 2. The number of aryl methyl sites for hydroxylation is 2. The minimum atomic E-state index is -0.611. The monoisotopic (exact) mass is 507 g/mol. The van der Waals surface area contributed by atoms with Crippen molar-refractivity contribution in [1.29, 1.82) is 0 Å². The minimum Gasteiger partial charge on any atom is -0.494 e. The van der Waals surface area contributed by atoms with Gasteiger partial charge in [-0.15, -0.1) is 0 Å². The molecule has 0 spiro atoms. The third-order valence-electron chi connectivity index (χ3n) is 5.81. The number of hydrogen-bond donors (Lipinski definition) is 1. The summed E-state index contributed by atoms with van der Waals surface area (Å²) in [6.45, 7) is 3.92. The van der Waals surface area contributed by atoms with Crippen molar-refractivity contribution in [2.75, 3.05) is 18.7 Å². The number of nitrogens with zero attached hydrogens (tertiary/aromatic N) is 4. The van der Waals surface area contributed by atoms with Gasteiger partial charge in [-0.3, -0.25) is 18.7 Å². The first-order valence-electron chi connectivity index (χ1n) is 11.8. The van der Waals surface area contributed by atoms with Crippen molar-refractivity contribution in [3.05, 3.63) is 69.0 Å². The third kappa shape index (κ3) is 5.03. The van der Waals surface area contributed by atoms with Crippen LogP contribution in [0.3, 0.4) is 0 Å². The quantitative estimate of drug-likeness (QED) is 0.361. The molecule has 12 heteroatoms. The van der Waals surface area contributed by atoms with Crippen LogP contribution in [0.15, 0.2) is 50.5 Å². The average molecular weight is 508 g/mol. The summed E-state index contributed by atoms with van der Waals surface area (Å²) in [5.41, 5.74) is -0.264. The first-order valence-corrected chi connectivity index (χ1v) is 11.8. The largest absolute Gasteiger partial charge is 0.494 e. The van der Waals surface area contributed by atoms with Crippen LogP contribution in [-0.2, 0) is 24.3 Å². The molecule has 0 radical (unpaired) electrons. The molecule has 0 saturated carbocycles. The van der Waals surface area contributed by atoms with Crippen LogP contribution in [0.5, 0.6) is 17.2 Å². The zero-order valence-corrected chi connectivity index (χ0v) is 20.4. The van der Waals surface area contributed by atoms with Crippen LogP contribution in [0.1, 0.15) is 25.1 Å². The maximum atomic E-state index is 13.5. The van der Waals surface area contributed by atoms with Crippen LogP contribution >= 0.6 is 0 Å². The molecular weight excluding hydrogens is 482 g/mol. The first-order chi connectivity index (χ1) is 17.9. The molecule has 0 unspecified atom stereocenters. The fourth-order valence-corrected chi connectivity index (χ4v) is 4.13. The molecule has 0 aliphatic carbocycles. The molecule has 2 aromatic carbocycles. The number of carbonyl (C=O) groups is 1. The number of aromatic nitrogens is 4. The van der Waals surface area contributed by atoms with Gasteiger partial charge in [0.05, 0.1) is 17.5 Å². The van der Waals surface area contributed by atoms with E-state index in [9.17, 15) is 14.4 Å². The fourth-order valence-electron chi connectivity index (χ4n) is 4.13. The highest BCUT2D eigenvalue weighted by Crippen LogP contribution is 2.34. The van der Waals surface area contributed by atoms with Gasteiger partial charge in [0, 0.05) is 24.7 Å². The van der Waals surface area contributed by atoms with Crippen molar-refractivity contribution in [1.82, 2.24) is 19.3 Å². The van der Waals surface area contributed by atoms with Crippen molar-refractivity contribution in [3.8, 4) is 17.2 Å². The standard InChI is InChI=1S/C25H25N5O7/c1-3-34-17-8-6-16(7-9-17)27-22(31)13-30-19-12-21-20(35-14-36-21)11-18(19)24(32)29(25(30)33)10-4-5-23-26-15(2)28-37-23/h6-9,11-12H,3-5,10,13-14H2,1-2H3,(H,27,31). The van der Waals surface area contributed by atoms with Gasteiger partial charge < -0.3 is 24.1 Å². The average Bonchev–Trinajstić information content (AvgIpc) is 3.52. The van der Waals surface area contributed by atoms with E-state index in [1.165, 1.54) is 10.6 Å². The van der Waals surface area contributed by atoms with E-state index in [0.29, 0.717) is 54.1 Å². The summed E-state index contributed by atoms with van der Waals surface area (Å²) in [4.78, 5) is 43.9. The second kappa shape index (κ2) is 10.2. The number of carbonyl (C=O) groups excluding carboxylic acids is 1. The van der Waals surface area contributed by atoms with E-state index in [4.69, 9.17) is 18.7 Å². The predicted octanol–water partition coefficient (Wildman–Crippen LogP) is 2.25. The Hall–Kier alpha value is -4.61. The number of hydrogen-bond acceptors (Lipinski definition) is 9. The molecule has 1 amide bonds. The number of anilines is 1. The van der Waals surface area contributed by atoms with Crippen LogP contribution in [0.4, 0.5) is 5.69 Å². The summed E-state index contributed by atoms with van der Waals surface area (Å²) >= 11 is 0. The smallest absolute Gasteiger partial charge is 0.331 e. The zero-order chi connectivity index (χ0) is 25.9. The van der Waals surface area contributed by atoms with Crippen LogP contribution < -0.4 is 30.8 Å². The van der Waals surface area contributed by atoms with E-state index in [1.54, 1.807) is 37.3 Å². The first kappa shape index (κ1) is 24.1. The van der Waals surface area contributed by atoms with E-state index in [-0.39, 0.29) is 30.8 Å². The van der Waals surface area contributed by atoms with Crippen molar-refractivity contribution < 1.29 is 23.5 Å². The number of amides is 1. The molecule has 2 aromatic heterocycles. The van der Waals surface area contributed by atoms with Gasteiger partial charge in [-0.1, -0.05) is 5.16 Å². The van der Waals surface area contributed by atoms with Crippen LogP contribution in [0.2, 0.25) is 0 Å². The van der Waals surface area contributed by atoms with E-state index in [2.05, 4.69) is 15.5 Å². The molecule has 0 bridgehead atoms. The lowest BCUT2D eigenvalue weighted by atomic mass is 10.2. The van der Waals surface area contributed by atoms with Gasteiger partial charge in [0.25, 0.3) is 5.56 Å². The Morgan fingerprint density at radius 1 is 1.11 bits per heavy atom. The van der Waals surface area contributed by atoms with E-state index in [1.807, 2.05) is 6.92 Å². The molecule has 37 heavy (non-hydrogen) atoms. The summed E-state index contributed by atoms with van der Waals surface area (Å²) in [5.74, 6) is 1.98. The van der Waals surface area contributed by atoms with Crippen molar-refractivity contribution >= 4 is 22.5 Å². The number of ether oxygens (including phenoxy) is 3. The fraction of sp³-hybridized carbons (Fsp3) is 0.320. The molecule has 1 aliphatic rings. The predicted molar refractivity (Wildman–Crippen MR) is 132 cm³/mol. The molecule has 0 saturated heterocycles. The highest BCUT2D eigenvalue weighted by Gasteiger charge is 2.21. The van der Waals surface area contributed by atoms with E-state index in [0.717, 1.165) is 4.57 Å². The summed E-state index contributed by atoms with van der Waals surface area (Å²) < 4.78 is 23.8. The molecule has 3 heterocycles. The van der Waals surface area contributed by atoms with Gasteiger partial charge in [0.1, 0.15) is 12.3 Å². The Morgan fingerprint density at radius 2 is 1.86 bits per heavy atom. The molecule has 4 aromatic rings. The normalized spacial score (nSPS) is 12.2. The van der Waals surface area contributed by atoms with Crippen molar-refractivity contribution in [3.63, 3.8) is 0 Å². The minimum absolute atomic E-state index is 0.00586. The van der Waals surface area contributed by atoms with Crippen molar-refractivity contribution in [2.24, 2.45) is 0 Å². The Labute approximate surface area is 210 Å². The van der Waals surface area contributed by atoms with E-state index >= 15 is 0 Å². The van der Waals surface area contributed by atoms with Crippen molar-refractivity contribution in [2.45, 2.75) is 39.8 Å². The highest BCUT2D eigenvalue weighted by molar-refractivity contribution is 5.92. The van der Waals surface area contributed by atoms with Gasteiger partial charge in [-0.2, -0.15) is 4.98 Å².